The Kier molecular flexibility index (Phi) is 4.39. The van der Waals surface area contributed by atoms with Crippen LogP contribution in [0.15, 0.2) is 18.2 Å². The third-order valence-corrected chi connectivity index (χ3v) is 4.14. The summed E-state index contributed by atoms with van der Waals surface area (Å²) in [4.78, 5) is 24.7. The van der Waals surface area contributed by atoms with Crippen molar-refractivity contribution in [1.82, 2.24) is 4.90 Å². The van der Waals surface area contributed by atoms with Crippen LogP contribution in [-0.2, 0) is 4.79 Å². The molecule has 3 N–H and O–H groups in total. The van der Waals surface area contributed by atoms with Crippen molar-refractivity contribution in [2.75, 3.05) is 18.1 Å². The Labute approximate surface area is 120 Å². The van der Waals surface area contributed by atoms with Gasteiger partial charge in [-0.1, -0.05) is 0 Å². The minimum atomic E-state index is -0.950. The lowest BCUT2D eigenvalue weighted by atomic mass is 10.1. The number of carboxylic acid groups (broad SMARTS) is 1. The highest BCUT2D eigenvalue weighted by molar-refractivity contribution is 7.99. The summed E-state index contributed by atoms with van der Waals surface area (Å²) in [5.41, 5.74) is 0.157. The lowest BCUT2D eigenvalue weighted by Gasteiger charge is -2.34. The Balaban J connectivity index is 2.22. The van der Waals surface area contributed by atoms with Gasteiger partial charge < -0.3 is 20.2 Å². The standard InChI is InChI=1S/C13H15NO5S/c15-10-3-8(4-11(16)6-10)13(19)14-1-2-20-7-9(14)5-12(17)18/h3-4,6,9,15-16H,1-2,5,7H2,(H,17,18). The van der Waals surface area contributed by atoms with Gasteiger partial charge in [0, 0.05) is 29.7 Å². The van der Waals surface area contributed by atoms with Crippen LogP contribution in [0.1, 0.15) is 16.8 Å². The number of aliphatic carboxylic acids is 1. The minimum Gasteiger partial charge on any atom is -0.508 e. The lowest BCUT2D eigenvalue weighted by molar-refractivity contribution is -0.138. The van der Waals surface area contributed by atoms with Crippen LogP contribution in [0.2, 0.25) is 0 Å². The van der Waals surface area contributed by atoms with Crippen molar-refractivity contribution >= 4 is 23.6 Å². The highest BCUT2D eigenvalue weighted by Gasteiger charge is 2.29. The number of benzene rings is 1. The molecule has 108 valence electrons. The van der Waals surface area contributed by atoms with E-state index >= 15 is 0 Å². The zero-order chi connectivity index (χ0) is 14.7. The third-order valence-electron chi connectivity index (χ3n) is 3.05. The molecule has 1 fully saturated rings. The Morgan fingerprint density at radius 3 is 2.50 bits per heavy atom. The van der Waals surface area contributed by atoms with E-state index < -0.39 is 5.97 Å². The molecule has 0 spiro atoms. The summed E-state index contributed by atoms with van der Waals surface area (Å²) in [6, 6.07) is 3.30. The van der Waals surface area contributed by atoms with Gasteiger partial charge in [0.1, 0.15) is 11.5 Å². The number of hydrogen-bond acceptors (Lipinski definition) is 5. The minimum absolute atomic E-state index is 0.108. The van der Waals surface area contributed by atoms with Crippen LogP contribution in [-0.4, -0.2) is 56.2 Å². The van der Waals surface area contributed by atoms with Crippen molar-refractivity contribution in [3.8, 4) is 11.5 Å². The first-order valence-corrected chi connectivity index (χ1v) is 7.26. The molecule has 1 atom stereocenters. The number of thioether (sulfide) groups is 1. The van der Waals surface area contributed by atoms with Gasteiger partial charge in [-0.2, -0.15) is 11.8 Å². The zero-order valence-electron chi connectivity index (χ0n) is 10.7. The average molecular weight is 297 g/mol. The van der Waals surface area contributed by atoms with E-state index in [1.807, 2.05) is 0 Å². The molecule has 0 radical (unpaired) electrons. The second kappa shape index (κ2) is 6.04. The average Bonchev–Trinajstić information content (AvgIpc) is 2.36. The largest absolute Gasteiger partial charge is 0.508 e. The van der Waals surface area contributed by atoms with Crippen LogP contribution in [0.5, 0.6) is 11.5 Å². The molecule has 1 aromatic rings. The van der Waals surface area contributed by atoms with Crippen molar-refractivity contribution < 1.29 is 24.9 Å². The Morgan fingerprint density at radius 1 is 1.25 bits per heavy atom. The van der Waals surface area contributed by atoms with Gasteiger partial charge >= 0.3 is 5.97 Å². The van der Waals surface area contributed by atoms with Gasteiger partial charge in [-0.3, -0.25) is 9.59 Å². The molecular weight excluding hydrogens is 282 g/mol. The molecule has 1 saturated heterocycles. The summed E-state index contributed by atoms with van der Waals surface area (Å²) in [6.07, 6.45) is -0.108. The molecule has 20 heavy (non-hydrogen) atoms. The molecule has 1 aliphatic heterocycles. The number of aromatic hydroxyl groups is 2. The fourth-order valence-corrected chi connectivity index (χ4v) is 3.24. The summed E-state index contributed by atoms with van der Waals surface area (Å²) in [5, 5.41) is 27.7. The van der Waals surface area contributed by atoms with Gasteiger partial charge in [-0.25, -0.2) is 0 Å². The quantitative estimate of drug-likeness (QED) is 0.773. The van der Waals surface area contributed by atoms with Crippen LogP contribution >= 0.6 is 11.8 Å². The van der Waals surface area contributed by atoms with E-state index in [-0.39, 0.29) is 35.4 Å². The van der Waals surface area contributed by atoms with Gasteiger partial charge in [0.15, 0.2) is 0 Å². The first kappa shape index (κ1) is 14.5. The molecule has 1 unspecified atom stereocenters. The van der Waals surface area contributed by atoms with Crippen molar-refractivity contribution in [2.45, 2.75) is 12.5 Å². The number of nitrogens with zero attached hydrogens (tertiary/aromatic N) is 1. The molecule has 1 aromatic carbocycles. The molecule has 1 heterocycles. The van der Waals surface area contributed by atoms with Crippen molar-refractivity contribution in [1.29, 1.82) is 0 Å². The van der Waals surface area contributed by atoms with E-state index in [1.54, 1.807) is 11.8 Å². The third kappa shape index (κ3) is 3.36. The number of carbonyl (C=O) groups is 2. The maximum Gasteiger partial charge on any atom is 0.305 e. The first-order valence-electron chi connectivity index (χ1n) is 6.11. The fraction of sp³-hybridized carbons (Fsp3) is 0.385. The maximum absolute atomic E-state index is 12.4. The maximum atomic E-state index is 12.4. The van der Waals surface area contributed by atoms with Crippen LogP contribution < -0.4 is 0 Å². The van der Waals surface area contributed by atoms with Crippen molar-refractivity contribution in [3.05, 3.63) is 23.8 Å². The van der Waals surface area contributed by atoms with E-state index in [0.29, 0.717) is 12.3 Å². The highest BCUT2D eigenvalue weighted by Crippen LogP contribution is 2.25. The molecule has 2 rings (SSSR count). The van der Waals surface area contributed by atoms with Crippen molar-refractivity contribution in [2.24, 2.45) is 0 Å². The Morgan fingerprint density at radius 2 is 1.90 bits per heavy atom. The van der Waals surface area contributed by atoms with Gasteiger partial charge in [-0.15, -0.1) is 0 Å². The van der Waals surface area contributed by atoms with Gasteiger partial charge in [-0.05, 0) is 12.1 Å². The lowest BCUT2D eigenvalue weighted by Crippen LogP contribution is -2.47. The van der Waals surface area contributed by atoms with Crippen LogP contribution in [0.4, 0.5) is 0 Å². The van der Waals surface area contributed by atoms with Gasteiger partial charge in [0.05, 0.1) is 12.5 Å². The summed E-state index contributed by atoms with van der Waals surface area (Å²) < 4.78 is 0. The highest BCUT2D eigenvalue weighted by atomic mass is 32.2. The summed E-state index contributed by atoms with van der Waals surface area (Å²) >= 11 is 1.61. The summed E-state index contributed by atoms with van der Waals surface area (Å²) in [6.45, 7) is 0.456. The van der Waals surface area contributed by atoms with Gasteiger partial charge in [0.25, 0.3) is 5.91 Å². The molecule has 1 aliphatic rings. The SMILES string of the molecule is O=C(O)CC1CSCCN1C(=O)c1cc(O)cc(O)c1. The number of phenolic OH excluding ortho intramolecular Hbond substituents is 2. The van der Waals surface area contributed by atoms with E-state index in [1.165, 1.54) is 17.0 Å². The topological polar surface area (TPSA) is 98.1 Å². The van der Waals surface area contributed by atoms with E-state index in [0.717, 1.165) is 11.8 Å². The smallest absolute Gasteiger partial charge is 0.305 e. The predicted octanol–water partition coefficient (Wildman–Crippen LogP) is 1.13. The van der Waals surface area contributed by atoms with E-state index in [9.17, 15) is 19.8 Å². The first-order chi connectivity index (χ1) is 9.47. The normalized spacial score (nSPS) is 18.8. The predicted molar refractivity (Wildman–Crippen MR) is 74.2 cm³/mol. The van der Waals surface area contributed by atoms with Gasteiger partial charge in [0.2, 0.25) is 0 Å². The Bertz CT molecular complexity index is 513. The number of hydrogen-bond donors (Lipinski definition) is 3. The second-order valence-corrected chi connectivity index (χ2v) is 5.71. The Hall–Kier alpha value is -1.89. The van der Waals surface area contributed by atoms with E-state index in [4.69, 9.17) is 5.11 Å². The van der Waals surface area contributed by atoms with Crippen LogP contribution in [0.25, 0.3) is 0 Å². The molecule has 0 aliphatic carbocycles. The zero-order valence-corrected chi connectivity index (χ0v) is 11.5. The number of phenols is 2. The van der Waals surface area contributed by atoms with Crippen molar-refractivity contribution in [3.63, 3.8) is 0 Å². The monoisotopic (exact) mass is 297 g/mol. The number of amides is 1. The summed E-state index contributed by atoms with van der Waals surface area (Å²) in [5.74, 6) is -0.406. The van der Waals surface area contributed by atoms with E-state index in [2.05, 4.69) is 0 Å². The number of carboxylic acids is 1. The molecule has 0 aromatic heterocycles. The second-order valence-electron chi connectivity index (χ2n) is 4.56. The number of carbonyl (C=O) groups excluding carboxylic acids is 1. The molecule has 0 bridgehead atoms. The molecule has 7 heteroatoms. The van der Waals surface area contributed by atoms with Crippen LogP contribution in [0, 0.1) is 0 Å². The fourth-order valence-electron chi connectivity index (χ4n) is 2.18. The number of rotatable bonds is 3. The molecule has 1 amide bonds. The van der Waals surface area contributed by atoms with Crippen LogP contribution in [0.3, 0.4) is 0 Å². The molecule has 6 nitrogen and oxygen atoms in total. The molecule has 0 saturated carbocycles. The molecular formula is C13H15NO5S. The summed E-state index contributed by atoms with van der Waals surface area (Å²) in [7, 11) is 0.